The fourth-order valence-electron chi connectivity index (χ4n) is 2.18. The molecular weight excluding hydrogens is 185 g/mol. The van der Waals surface area contributed by atoms with Crippen LogP contribution in [-0.2, 0) is 4.79 Å². The molecule has 0 amide bonds. The van der Waals surface area contributed by atoms with Crippen LogP contribution in [-0.4, -0.2) is 23.5 Å². The molecule has 1 N–H and O–H groups in total. The summed E-state index contributed by atoms with van der Waals surface area (Å²) in [5.41, 5.74) is 0.988. The monoisotopic (exact) mass is 197 g/mol. The number of halogens is 1. The number of alkyl halides is 1. The molecule has 1 aliphatic heterocycles. The minimum absolute atomic E-state index is 0.0716. The minimum Gasteiger partial charge on any atom is -0.477 e. The van der Waals surface area contributed by atoms with E-state index >= 15 is 0 Å². The van der Waals surface area contributed by atoms with Gasteiger partial charge in [-0.25, -0.2) is 9.18 Å². The molecule has 14 heavy (non-hydrogen) atoms. The number of fused-ring (bicyclic) bond motifs is 1. The van der Waals surface area contributed by atoms with Crippen molar-refractivity contribution in [2.45, 2.75) is 31.9 Å². The van der Waals surface area contributed by atoms with Gasteiger partial charge >= 0.3 is 5.97 Å². The second-order valence-corrected chi connectivity index (χ2v) is 3.79. The van der Waals surface area contributed by atoms with E-state index in [1.165, 1.54) is 0 Å². The molecule has 3 nitrogen and oxygen atoms in total. The molecule has 1 fully saturated rings. The van der Waals surface area contributed by atoms with Gasteiger partial charge in [-0.3, -0.25) is 4.99 Å². The Morgan fingerprint density at radius 3 is 3.14 bits per heavy atom. The van der Waals surface area contributed by atoms with Crippen LogP contribution < -0.4 is 0 Å². The number of carboxylic acid groups (broad SMARTS) is 1. The highest BCUT2D eigenvalue weighted by Gasteiger charge is 2.31. The molecule has 0 spiro atoms. The maximum Gasteiger partial charge on any atom is 0.354 e. The maximum atomic E-state index is 13.1. The average Bonchev–Trinajstić information content (AvgIpc) is 2.16. The lowest BCUT2D eigenvalue weighted by Gasteiger charge is -2.29. The van der Waals surface area contributed by atoms with Crippen LogP contribution in [0.15, 0.2) is 16.3 Å². The van der Waals surface area contributed by atoms with E-state index in [1.807, 2.05) is 0 Å². The van der Waals surface area contributed by atoms with Crippen LogP contribution in [0, 0.1) is 5.92 Å². The first kappa shape index (κ1) is 9.37. The molecule has 0 saturated heterocycles. The largest absolute Gasteiger partial charge is 0.477 e. The molecular formula is C10H12FNO2. The van der Waals surface area contributed by atoms with Gasteiger partial charge in [0.2, 0.25) is 0 Å². The van der Waals surface area contributed by atoms with Crippen LogP contribution in [0.2, 0.25) is 0 Å². The molecule has 1 saturated carbocycles. The highest BCUT2D eigenvalue weighted by Crippen LogP contribution is 2.37. The van der Waals surface area contributed by atoms with Crippen LogP contribution in [0.25, 0.3) is 0 Å². The number of hydrogen-bond acceptors (Lipinski definition) is 2. The molecule has 0 bridgehead atoms. The quantitative estimate of drug-likeness (QED) is 0.698. The summed E-state index contributed by atoms with van der Waals surface area (Å²) in [4.78, 5) is 14.7. The zero-order valence-electron chi connectivity index (χ0n) is 7.74. The number of allylic oxidation sites excluding steroid dienone is 1. The van der Waals surface area contributed by atoms with Gasteiger partial charge in [-0.15, -0.1) is 0 Å². The molecule has 1 aliphatic carbocycles. The number of carbonyl (C=O) groups is 1. The fourth-order valence-corrected chi connectivity index (χ4v) is 2.18. The smallest absolute Gasteiger partial charge is 0.354 e. The predicted octanol–water partition coefficient (Wildman–Crippen LogP) is 1.94. The highest BCUT2D eigenvalue weighted by molar-refractivity contribution is 5.90. The van der Waals surface area contributed by atoms with E-state index in [-0.39, 0.29) is 11.6 Å². The molecule has 0 aromatic heterocycles. The first-order valence-corrected chi connectivity index (χ1v) is 4.81. The summed E-state index contributed by atoms with van der Waals surface area (Å²) in [6.45, 7) is 0. The van der Waals surface area contributed by atoms with Crippen LogP contribution >= 0.6 is 0 Å². The Balaban J connectivity index is 2.29. The Morgan fingerprint density at radius 2 is 2.43 bits per heavy atom. The van der Waals surface area contributed by atoms with Gasteiger partial charge in [0.1, 0.15) is 11.9 Å². The first-order chi connectivity index (χ1) is 6.68. The lowest BCUT2D eigenvalue weighted by molar-refractivity contribution is -0.132. The van der Waals surface area contributed by atoms with E-state index in [0.717, 1.165) is 5.57 Å². The summed E-state index contributed by atoms with van der Waals surface area (Å²) in [6.07, 6.45) is 2.95. The van der Waals surface area contributed by atoms with E-state index < -0.39 is 12.1 Å². The van der Waals surface area contributed by atoms with Crippen molar-refractivity contribution in [2.24, 2.45) is 10.9 Å². The number of aliphatic imine (C=N–C) groups is 1. The summed E-state index contributed by atoms with van der Waals surface area (Å²) in [7, 11) is 0. The normalized spacial score (nSPS) is 31.5. The zero-order valence-corrected chi connectivity index (χ0v) is 7.74. The van der Waals surface area contributed by atoms with Gasteiger partial charge in [-0.1, -0.05) is 0 Å². The number of nitrogens with zero attached hydrogens (tertiary/aromatic N) is 1. The maximum absolute atomic E-state index is 13.1. The Morgan fingerprint density at radius 1 is 1.64 bits per heavy atom. The van der Waals surface area contributed by atoms with Gasteiger partial charge in [0.05, 0.1) is 0 Å². The third-order valence-electron chi connectivity index (χ3n) is 2.88. The van der Waals surface area contributed by atoms with E-state index in [4.69, 9.17) is 5.11 Å². The summed E-state index contributed by atoms with van der Waals surface area (Å²) >= 11 is 0. The molecule has 2 unspecified atom stereocenters. The Kier molecular flexibility index (Phi) is 2.35. The molecule has 4 heteroatoms. The molecule has 0 radical (unpaired) electrons. The van der Waals surface area contributed by atoms with Crippen molar-refractivity contribution < 1.29 is 14.3 Å². The summed E-state index contributed by atoms with van der Waals surface area (Å²) in [5.74, 6) is -0.916. The molecule has 0 aromatic carbocycles. The SMILES string of the molecule is O=C(O)C1=C2CCC(F)CC2CC=N1. The summed E-state index contributed by atoms with van der Waals surface area (Å²) < 4.78 is 13.1. The van der Waals surface area contributed by atoms with Gasteiger partial charge < -0.3 is 5.11 Å². The summed E-state index contributed by atoms with van der Waals surface area (Å²) in [6, 6.07) is 0. The first-order valence-electron chi connectivity index (χ1n) is 4.81. The second-order valence-electron chi connectivity index (χ2n) is 3.79. The Labute approximate surface area is 81.3 Å². The topological polar surface area (TPSA) is 49.7 Å². The standard InChI is InChI=1S/C10H12FNO2/c11-7-1-2-8-6(5-7)3-4-12-9(8)10(13)14/h4,6-7H,1-3,5H2,(H,13,14). The van der Waals surface area contributed by atoms with Crippen molar-refractivity contribution in [3.63, 3.8) is 0 Å². The van der Waals surface area contributed by atoms with E-state index in [9.17, 15) is 9.18 Å². The third-order valence-corrected chi connectivity index (χ3v) is 2.88. The molecule has 76 valence electrons. The van der Waals surface area contributed by atoms with Gasteiger partial charge in [-0.05, 0) is 37.2 Å². The zero-order chi connectivity index (χ0) is 10.1. The molecule has 1 heterocycles. The molecule has 2 rings (SSSR count). The number of carboxylic acids is 1. The van der Waals surface area contributed by atoms with E-state index in [2.05, 4.69) is 4.99 Å². The van der Waals surface area contributed by atoms with Gasteiger partial charge in [0.15, 0.2) is 0 Å². The van der Waals surface area contributed by atoms with Crippen LogP contribution in [0.4, 0.5) is 4.39 Å². The van der Waals surface area contributed by atoms with Gasteiger partial charge in [0, 0.05) is 6.21 Å². The van der Waals surface area contributed by atoms with Crippen LogP contribution in [0.5, 0.6) is 0 Å². The van der Waals surface area contributed by atoms with Gasteiger partial charge in [0.25, 0.3) is 0 Å². The lowest BCUT2D eigenvalue weighted by atomic mass is 9.79. The van der Waals surface area contributed by atoms with Crippen molar-refractivity contribution in [2.75, 3.05) is 0 Å². The molecule has 0 aromatic rings. The van der Waals surface area contributed by atoms with Crippen molar-refractivity contribution in [1.29, 1.82) is 0 Å². The van der Waals surface area contributed by atoms with Crippen LogP contribution in [0.1, 0.15) is 25.7 Å². The van der Waals surface area contributed by atoms with Gasteiger partial charge in [-0.2, -0.15) is 0 Å². The van der Waals surface area contributed by atoms with E-state index in [0.29, 0.717) is 25.7 Å². The third kappa shape index (κ3) is 1.56. The fraction of sp³-hybridized carbons (Fsp3) is 0.600. The predicted molar refractivity (Wildman–Crippen MR) is 50.0 cm³/mol. The van der Waals surface area contributed by atoms with Crippen molar-refractivity contribution in [1.82, 2.24) is 0 Å². The van der Waals surface area contributed by atoms with Crippen molar-refractivity contribution >= 4 is 12.2 Å². The minimum atomic E-state index is -0.988. The van der Waals surface area contributed by atoms with Crippen LogP contribution in [0.3, 0.4) is 0 Å². The highest BCUT2D eigenvalue weighted by atomic mass is 19.1. The van der Waals surface area contributed by atoms with E-state index in [1.54, 1.807) is 6.21 Å². The molecule has 2 aliphatic rings. The number of aliphatic carboxylic acids is 1. The molecule has 2 atom stereocenters. The van der Waals surface area contributed by atoms with Crippen molar-refractivity contribution in [3.8, 4) is 0 Å². The average molecular weight is 197 g/mol. The number of hydrogen-bond donors (Lipinski definition) is 1. The Hall–Kier alpha value is -1.19. The number of rotatable bonds is 1. The second kappa shape index (κ2) is 3.52. The Bertz CT molecular complexity index is 322. The summed E-state index contributed by atoms with van der Waals surface area (Å²) in [5, 5.41) is 8.88. The van der Waals surface area contributed by atoms with Crippen molar-refractivity contribution in [3.05, 3.63) is 11.3 Å². The lowest BCUT2D eigenvalue weighted by Crippen LogP contribution is -2.24.